The van der Waals surface area contributed by atoms with Crippen molar-refractivity contribution in [2.75, 3.05) is 0 Å². The van der Waals surface area contributed by atoms with E-state index in [-0.39, 0.29) is 5.41 Å². The zero-order chi connectivity index (χ0) is 34.6. The number of fused-ring (bicyclic) bond motifs is 11. The highest BCUT2D eigenvalue weighted by atomic mass is 14.9. The third kappa shape index (κ3) is 4.36. The zero-order valence-electron chi connectivity index (χ0n) is 29.9. The lowest BCUT2D eigenvalue weighted by Crippen LogP contribution is -2.15. The maximum Gasteiger partial charge on any atom is 0.0494 e. The van der Waals surface area contributed by atoms with Gasteiger partial charge in [0.05, 0.1) is 0 Å². The maximum absolute atomic E-state index is 2.46. The smallest absolute Gasteiger partial charge is 0.0494 e. The van der Waals surface area contributed by atoms with Crippen molar-refractivity contribution in [2.45, 2.75) is 32.6 Å². The number of rotatable bonds is 4. The molecule has 0 saturated heterocycles. The Morgan fingerprint density at radius 2 is 1.14 bits per heavy atom. The molecule has 0 atom stereocenters. The molecule has 0 radical (unpaired) electrons. The molecule has 0 N–H and O–H groups in total. The van der Waals surface area contributed by atoms with Gasteiger partial charge in [-0.2, -0.15) is 0 Å². The molecule has 0 saturated carbocycles. The highest BCUT2D eigenvalue weighted by molar-refractivity contribution is 6.10. The Bertz CT molecular complexity index is 2940. The molecule has 0 aliphatic heterocycles. The highest BCUT2D eigenvalue weighted by Crippen LogP contribution is 2.52. The summed E-state index contributed by atoms with van der Waals surface area (Å²) in [6, 6.07) is 50.1. The Morgan fingerprint density at radius 3 is 1.84 bits per heavy atom. The Kier molecular flexibility index (Phi) is 6.36. The first-order valence-electron chi connectivity index (χ1n) is 18.1. The van der Waals surface area contributed by atoms with E-state index >= 15 is 0 Å². The second-order valence-electron chi connectivity index (χ2n) is 15.2. The first-order valence-corrected chi connectivity index (χ1v) is 18.1. The molecule has 2 heterocycles. The first-order chi connectivity index (χ1) is 24.8. The Morgan fingerprint density at radius 1 is 0.549 bits per heavy atom. The van der Waals surface area contributed by atoms with Crippen molar-refractivity contribution in [3.05, 3.63) is 167 Å². The number of benzene rings is 7. The van der Waals surface area contributed by atoms with E-state index < -0.39 is 0 Å². The topological polar surface area (TPSA) is 9.86 Å². The monoisotopic (exact) mass is 656 g/mol. The van der Waals surface area contributed by atoms with Crippen LogP contribution in [0.3, 0.4) is 0 Å². The SMILES string of the molecule is Cc1cc2c(c3ccccc13)-c1ccc(/C=C(/Cc3ccc4c5ccccc5n(C)c4c3)c3ccc4c5ccccc5n(C)c4c3)cc1C2(C)C. The van der Waals surface area contributed by atoms with Gasteiger partial charge in [-0.25, -0.2) is 0 Å². The molecule has 0 fully saturated rings. The number of aromatic nitrogens is 2. The molecule has 2 heteroatoms. The summed E-state index contributed by atoms with van der Waals surface area (Å²) in [5.74, 6) is 0. The molecule has 1 aliphatic carbocycles. The van der Waals surface area contributed by atoms with Gasteiger partial charge in [-0.15, -0.1) is 0 Å². The largest absolute Gasteiger partial charge is 0.344 e. The van der Waals surface area contributed by atoms with Crippen molar-refractivity contribution >= 4 is 66.0 Å². The van der Waals surface area contributed by atoms with Gasteiger partial charge in [-0.1, -0.05) is 129 Å². The van der Waals surface area contributed by atoms with Gasteiger partial charge in [-0.3, -0.25) is 0 Å². The van der Waals surface area contributed by atoms with Gasteiger partial charge in [0.2, 0.25) is 0 Å². The van der Waals surface area contributed by atoms with Crippen LogP contribution in [0.15, 0.2) is 133 Å². The quantitative estimate of drug-likeness (QED) is 0.167. The van der Waals surface area contributed by atoms with Crippen LogP contribution in [0.2, 0.25) is 0 Å². The molecule has 0 spiro atoms. The lowest BCUT2D eigenvalue weighted by molar-refractivity contribution is 0.660. The summed E-state index contributed by atoms with van der Waals surface area (Å²) >= 11 is 0. The van der Waals surface area contributed by atoms with E-state index in [9.17, 15) is 0 Å². The minimum atomic E-state index is -0.0922. The van der Waals surface area contributed by atoms with E-state index in [1.807, 2.05) is 0 Å². The van der Waals surface area contributed by atoms with Crippen LogP contribution in [-0.4, -0.2) is 9.13 Å². The Balaban J connectivity index is 1.15. The van der Waals surface area contributed by atoms with E-state index in [0.717, 1.165) is 6.42 Å². The van der Waals surface area contributed by atoms with Crippen LogP contribution in [-0.2, 0) is 25.9 Å². The number of nitrogens with zero attached hydrogens (tertiary/aromatic N) is 2. The van der Waals surface area contributed by atoms with Crippen molar-refractivity contribution in [3.8, 4) is 11.1 Å². The third-order valence-electron chi connectivity index (χ3n) is 11.9. The van der Waals surface area contributed by atoms with Gasteiger partial charge in [0, 0.05) is 63.1 Å². The molecule has 0 unspecified atom stereocenters. The highest BCUT2D eigenvalue weighted by Gasteiger charge is 2.37. The van der Waals surface area contributed by atoms with Crippen LogP contribution in [0.25, 0.3) is 77.2 Å². The standard InChI is InChI=1S/C49H40N2/c1-30-24-43-48(40-15-7-6-12-35(30)40)41-22-19-31(27-42(41)49(43,2)3)25-34(33-20-23-39-37-14-9-11-17-45(37)51(5)47(39)29-33)26-32-18-21-38-36-13-8-10-16-44(36)50(4)46(38)28-32/h6-25,27-29H,26H2,1-5H3/b34-25-. The summed E-state index contributed by atoms with van der Waals surface area (Å²) < 4.78 is 4.68. The lowest BCUT2D eigenvalue weighted by atomic mass is 9.80. The summed E-state index contributed by atoms with van der Waals surface area (Å²) in [5.41, 5.74) is 17.1. The second-order valence-corrected chi connectivity index (χ2v) is 15.2. The fraction of sp³-hybridized carbons (Fsp3) is 0.143. The van der Waals surface area contributed by atoms with Crippen molar-refractivity contribution in [3.63, 3.8) is 0 Å². The van der Waals surface area contributed by atoms with Gasteiger partial charge >= 0.3 is 0 Å². The van der Waals surface area contributed by atoms with Crippen molar-refractivity contribution in [2.24, 2.45) is 14.1 Å². The molecule has 0 amide bonds. The zero-order valence-corrected chi connectivity index (χ0v) is 29.9. The lowest BCUT2D eigenvalue weighted by Gasteiger charge is -2.22. The van der Waals surface area contributed by atoms with Crippen molar-refractivity contribution in [1.82, 2.24) is 9.13 Å². The Hall–Kier alpha value is -5.86. The number of hydrogen-bond donors (Lipinski definition) is 0. The predicted molar refractivity (Wildman–Crippen MR) is 219 cm³/mol. The number of hydrogen-bond acceptors (Lipinski definition) is 0. The molecular formula is C49H40N2. The summed E-state index contributed by atoms with van der Waals surface area (Å²) in [7, 11) is 4.38. The molecule has 51 heavy (non-hydrogen) atoms. The minimum absolute atomic E-state index is 0.0922. The average Bonchev–Trinajstić information content (AvgIpc) is 3.69. The van der Waals surface area contributed by atoms with Gasteiger partial charge < -0.3 is 9.13 Å². The first kappa shape index (κ1) is 30.0. The Labute approximate surface area is 298 Å². The molecule has 10 rings (SSSR count). The van der Waals surface area contributed by atoms with Crippen LogP contribution in [0.5, 0.6) is 0 Å². The van der Waals surface area contributed by atoms with Crippen molar-refractivity contribution < 1.29 is 0 Å². The normalized spacial score (nSPS) is 13.9. The van der Waals surface area contributed by atoms with E-state index in [0.29, 0.717) is 0 Å². The van der Waals surface area contributed by atoms with Crippen molar-refractivity contribution in [1.29, 1.82) is 0 Å². The van der Waals surface area contributed by atoms with Gasteiger partial charge in [0.25, 0.3) is 0 Å². The fourth-order valence-electron chi connectivity index (χ4n) is 9.21. The third-order valence-corrected chi connectivity index (χ3v) is 11.9. The van der Waals surface area contributed by atoms with Crippen LogP contribution in [0.1, 0.15) is 47.2 Å². The van der Waals surface area contributed by atoms with Crippen LogP contribution in [0, 0.1) is 6.92 Å². The van der Waals surface area contributed by atoms with Gasteiger partial charge in [0.1, 0.15) is 0 Å². The van der Waals surface area contributed by atoms with Gasteiger partial charge in [0.15, 0.2) is 0 Å². The van der Waals surface area contributed by atoms with E-state index in [2.05, 4.69) is 184 Å². The fourth-order valence-corrected chi connectivity index (χ4v) is 9.21. The summed E-state index contributed by atoms with van der Waals surface area (Å²) in [4.78, 5) is 0. The summed E-state index contributed by atoms with van der Waals surface area (Å²) in [6.45, 7) is 7.05. The molecule has 0 bridgehead atoms. The van der Waals surface area contributed by atoms with E-state index in [1.54, 1.807) is 0 Å². The minimum Gasteiger partial charge on any atom is -0.344 e. The van der Waals surface area contributed by atoms with Crippen LogP contribution in [0.4, 0.5) is 0 Å². The molecule has 7 aromatic carbocycles. The number of para-hydroxylation sites is 2. The number of aryl methyl sites for hydroxylation is 3. The van der Waals surface area contributed by atoms with Crippen LogP contribution >= 0.6 is 0 Å². The summed E-state index contributed by atoms with van der Waals surface area (Å²) in [5, 5.41) is 7.92. The predicted octanol–water partition coefficient (Wildman–Crippen LogP) is 12.5. The van der Waals surface area contributed by atoms with Gasteiger partial charge in [-0.05, 0) is 98.5 Å². The molecule has 2 nitrogen and oxygen atoms in total. The molecular weight excluding hydrogens is 617 g/mol. The van der Waals surface area contributed by atoms with E-state index in [4.69, 9.17) is 0 Å². The summed E-state index contributed by atoms with van der Waals surface area (Å²) in [6.07, 6.45) is 3.27. The molecule has 9 aromatic rings. The number of allylic oxidation sites excluding steroid dienone is 1. The van der Waals surface area contributed by atoms with E-state index in [1.165, 1.54) is 104 Å². The average molecular weight is 657 g/mol. The van der Waals surface area contributed by atoms with Crippen LogP contribution < -0.4 is 0 Å². The maximum atomic E-state index is 2.46. The second kappa shape index (κ2) is 10.8. The molecule has 2 aromatic heterocycles. The molecule has 246 valence electrons. The molecule has 1 aliphatic rings.